The highest BCUT2D eigenvalue weighted by Gasteiger charge is 2.17. The third-order valence-corrected chi connectivity index (χ3v) is 3.74. The quantitative estimate of drug-likeness (QED) is 0.718. The summed E-state index contributed by atoms with van der Waals surface area (Å²) in [4.78, 5) is 9.03. The molecule has 0 N–H and O–H groups in total. The highest BCUT2D eigenvalue weighted by molar-refractivity contribution is 6.32. The van der Waals surface area contributed by atoms with E-state index in [0.29, 0.717) is 5.15 Å². The summed E-state index contributed by atoms with van der Waals surface area (Å²) in [6, 6.07) is 6.25. The van der Waals surface area contributed by atoms with Crippen LogP contribution in [-0.2, 0) is 13.6 Å². The second-order valence-electron chi connectivity index (χ2n) is 4.67. The van der Waals surface area contributed by atoms with Crippen molar-refractivity contribution in [2.75, 3.05) is 0 Å². The molecule has 0 spiro atoms. The van der Waals surface area contributed by atoms with E-state index in [1.54, 1.807) is 10.9 Å². The Morgan fingerprint density at radius 3 is 2.74 bits per heavy atom. The first kappa shape index (κ1) is 12.2. The van der Waals surface area contributed by atoms with E-state index in [1.165, 1.54) is 5.56 Å². The molecule has 0 unspecified atom stereocenters. The van der Waals surface area contributed by atoms with Gasteiger partial charge in [-0.15, -0.1) is 0 Å². The maximum atomic E-state index is 6.28. The van der Waals surface area contributed by atoms with E-state index >= 15 is 0 Å². The van der Waals surface area contributed by atoms with Crippen molar-refractivity contribution in [1.29, 1.82) is 0 Å². The molecule has 0 saturated heterocycles. The number of hydrogen-bond donors (Lipinski definition) is 0. The summed E-state index contributed by atoms with van der Waals surface area (Å²) < 4.78 is 3.94. The number of hydrogen-bond acceptors (Lipinski definition) is 2. The van der Waals surface area contributed by atoms with Crippen LogP contribution in [0.15, 0.2) is 24.5 Å². The number of halogens is 1. The average Bonchev–Trinajstić information content (AvgIpc) is 2.90. The van der Waals surface area contributed by atoms with Crippen LogP contribution >= 0.6 is 11.6 Å². The van der Waals surface area contributed by atoms with Gasteiger partial charge >= 0.3 is 0 Å². The fourth-order valence-corrected chi connectivity index (χ4v) is 2.48. The second kappa shape index (κ2) is 4.38. The Labute approximate surface area is 116 Å². The Hall–Kier alpha value is -1.81. The van der Waals surface area contributed by atoms with Gasteiger partial charge in [-0.2, -0.15) is 0 Å². The van der Waals surface area contributed by atoms with Crippen LogP contribution in [0.2, 0.25) is 5.15 Å². The summed E-state index contributed by atoms with van der Waals surface area (Å²) in [7, 11) is 1.88. The molecule has 0 bridgehead atoms. The molecule has 3 rings (SSSR count). The van der Waals surface area contributed by atoms with Crippen molar-refractivity contribution in [2.45, 2.75) is 20.4 Å². The van der Waals surface area contributed by atoms with Crippen LogP contribution in [0.3, 0.4) is 0 Å². The van der Waals surface area contributed by atoms with E-state index in [0.717, 1.165) is 29.1 Å². The van der Waals surface area contributed by atoms with Crippen molar-refractivity contribution in [3.63, 3.8) is 0 Å². The lowest BCUT2D eigenvalue weighted by Gasteiger charge is -2.04. The molecular formula is C14H15ClN4. The van der Waals surface area contributed by atoms with Gasteiger partial charge in [0.15, 0.2) is 5.82 Å². The molecule has 0 amide bonds. The minimum absolute atomic E-state index is 0.613. The predicted octanol–water partition coefficient (Wildman–Crippen LogP) is 3.42. The van der Waals surface area contributed by atoms with Crippen LogP contribution < -0.4 is 0 Å². The fourth-order valence-electron chi connectivity index (χ4n) is 2.30. The first-order valence-electron chi connectivity index (χ1n) is 6.26. The highest BCUT2D eigenvalue weighted by atomic mass is 35.5. The SMILES string of the molecule is CCn1c(-c2ncn(C)c2Cl)nc2ccc(C)cc21. The summed E-state index contributed by atoms with van der Waals surface area (Å²) in [6.45, 7) is 5.02. The van der Waals surface area contributed by atoms with Crippen molar-refractivity contribution in [2.24, 2.45) is 7.05 Å². The predicted molar refractivity (Wildman–Crippen MR) is 77.4 cm³/mol. The van der Waals surface area contributed by atoms with Gasteiger partial charge in [-0.3, -0.25) is 0 Å². The van der Waals surface area contributed by atoms with E-state index in [4.69, 9.17) is 11.6 Å². The number of benzene rings is 1. The summed E-state index contributed by atoms with van der Waals surface area (Å²) in [5.41, 5.74) is 4.06. The third-order valence-electron chi connectivity index (χ3n) is 3.30. The van der Waals surface area contributed by atoms with Crippen LogP contribution in [0.1, 0.15) is 12.5 Å². The van der Waals surface area contributed by atoms with E-state index in [9.17, 15) is 0 Å². The Kier molecular flexibility index (Phi) is 2.82. The van der Waals surface area contributed by atoms with Crippen LogP contribution in [-0.4, -0.2) is 19.1 Å². The summed E-state index contributed by atoms with van der Waals surface area (Å²) in [5.74, 6) is 0.828. The van der Waals surface area contributed by atoms with Gasteiger partial charge < -0.3 is 9.13 Å². The van der Waals surface area contributed by atoms with Crippen molar-refractivity contribution in [3.8, 4) is 11.5 Å². The van der Waals surface area contributed by atoms with E-state index in [2.05, 4.69) is 40.5 Å². The van der Waals surface area contributed by atoms with Crippen molar-refractivity contribution in [1.82, 2.24) is 19.1 Å². The molecule has 4 nitrogen and oxygen atoms in total. The number of fused-ring (bicyclic) bond motifs is 1. The number of aromatic nitrogens is 4. The summed E-state index contributed by atoms with van der Waals surface area (Å²) in [5, 5.41) is 0.613. The molecule has 0 fully saturated rings. The van der Waals surface area contributed by atoms with Gasteiger partial charge in [-0.05, 0) is 31.5 Å². The molecular weight excluding hydrogens is 260 g/mol. The smallest absolute Gasteiger partial charge is 0.162 e. The van der Waals surface area contributed by atoms with Crippen LogP contribution in [0.25, 0.3) is 22.6 Å². The van der Waals surface area contributed by atoms with Crippen molar-refractivity contribution < 1.29 is 0 Å². The van der Waals surface area contributed by atoms with Crippen molar-refractivity contribution in [3.05, 3.63) is 35.2 Å². The Bertz CT molecular complexity index is 754. The van der Waals surface area contributed by atoms with Gasteiger partial charge in [0.2, 0.25) is 0 Å². The molecule has 0 saturated carbocycles. The fraction of sp³-hybridized carbons (Fsp3) is 0.286. The Morgan fingerprint density at radius 1 is 1.32 bits per heavy atom. The van der Waals surface area contributed by atoms with E-state index < -0.39 is 0 Å². The molecule has 0 aliphatic rings. The maximum Gasteiger partial charge on any atom is 0.162 e. The zero-order chi connectivity index (χ0) is 13.6. The molecule has 98 valence electrons. The topological polar surface area (TPSA) is 35.6 Å². The van der Waals surface area contributed by atoms with Gasteiger partial charge in [0, 0.05) is 13.6 Å². The lowest BCUT2D eigenvalue weighted by molar-refractivity contribution is 0.793. The molecule has 2 heterocycles. The second-order valence-corrected chi connectivity index (χ2v) is 5.02. The minimum Gasteiger partial charge on any atom is -0.324 e. The first-order valence-corrected chi connectivity index (χ1v) is 6.63. The van der Waals surface area contributed by atoms with E-state index in [1.807, 2.05) is 13.1 Å². The molecule has 0 atom stereocenters. The molecule has 19 heavy (non-hydrogen) atoms. The van der Waals surface area contributed by atoms with Crippen LogP contribution in [0.4, 0.5) is 0 Å². The van der Waals surface area contributed by atoms with Gasteiger partial charge in [-0.1, -0.05) is 17.7 Å². The van der Waals surface area contributed by atoms with Crippen LogP contribution in [0, 0.1) is 6.92 Å². The highest BCUT2D eigenvalue weighted by Crippen LogP contribution is 2.29. The first-order chi connectivity index (χ1) is 9.11. The van der Waals surface area contributed by atoms with Gasteiger partial charge in [0.1, 0.15) is 10.8 Å². The van der Waals surface area contributed by atoms with Gasteiger partial charge in [-0.25, -0.2) is 9.97 Å². The molecule has 0 radical (unpaired) electrons. The zero-order valence-corrected chi connectivity index (χ0v) is 11.9. The van der Waals surface area contributed by atoms with Crippen LogP contribution in [0.5, 0.6) is 0 Å². The maximum absolute atomic E-state index is 6.28. The molecule has 0 aliphatic heterocycles. The molecule has 2 aromatic heterocycles. The summed E-state index contributed by atoms with van der Waals surface area (Å²) in [6.07, 6.45) is 1.71. The average molecular weight is 275 g/mol. The number of aryl methyl sites for hydroxylation is 3. The summed E-state index contributed by atoms with van der Waals surface area (Å²) >= 11 is 6.28. The normalized spacial score (nSPS) is 11.4. The molecule has 0 aliphatic carbocycles. The number of rotatable bonds is 2. The Balaban J connectivity index is 2.32. The largest absolute Gasteiger partial charge is 0.324 e. The lowest BCUT2D eigenvalue weighted by Crippen LogP contribution is -1.98. The molecule has 5 heteroatoms. The molecule has 3 aromatic rings. The van der Waals surface area contributed by atoms with Crippen molar-refractivity contribution >= 4 is 22.6 Å². The number of nitrogens with zero attached hydrogens (tertiary/aromatic N) is 4. The third kappa shape index (κ3) is 1.83. The Morgan fingerprint density at radius 2 is 2.11 bits per heavy atom. The monoisotopic (exact) mass is 274 g/mol. The minimum atomic E-state index is 0.613. The number of imidazole rings is 2. The lowest BCUT2D eigenvalue weighted by atomic mass is 10.2. The zero-order valence-electron chi connectivity index (χ0n) is 11.2. The van der Waals surface area contributed by atoms with Gasteiger partial charge in [0.05, 0.1) is 17.4 Å². The standard InChI is InChI=1S/C14H15ClN4/c1-4-19-11-7-9(2)5-6-10(11)17-14(19)12-13(15)18(3)8-16-12/h5-8H,4H2,1-3H3. The van der Waals surface area contributed by atoms with Gasteiger partial charge in [0.25, 0.3) is 0 Å². The molecule has 1 aromatic carbocycles. The van der Waals surface area contributed by atoms with E-state index in [-0.39, 0.29) is 0 Å².